The summed E-state index contributed by atoms with van der Waals surface area (Å²) in [6, 6.07) is 9.74. The van der Waals surface area contributed by atoms with Crippen molar-refractivity contribution in [2.24, 2.45) is 0 Å². The number of amides is 2. The summed E-state index contributed by atoms with van der Waals surface area (Å²) < 4.78 is 10.5. The van der Waals surface area contributed by atoms with Crippen molar-refractivity contribution in [1.82, 2.24) is 14.9 Å². The van der Waals surface area contributed by atoms with Gasteiger partial charge in [0.1, 0.15) is 5.82 Å². The standard InChI is InChI=1S/C21H25N5O3.C2H6.H2/c1-5-21(13-22,11-17-24-18(28-3)10-19(25-17)29-4)15-8-7-14-12-26(6-2)20(27)23-16(14)9-15;1-2;/h7-10H,5-6,11-12H2,1-4H3,(H,23,27);1-2H3;1H. The molecule has 1 aliphatic rings. The number of hydrogen-bond acceptors (Lipinski definition) is 6. The van der Waals surface area contributed by atoms with Crippen molar-refractivity contribution < 1.29 is 15.7 Å². The fraction of sp³-hybridized carbons (Fsp3) is 0.478. The number of urea groups is 1. The van der Waals surface area contributed by atoms with Gasteiger partial charge in [-0.3, -0.25) is 0 Å². The van der Waals surface area contributed by atoms with Gasteiger partial charge in [-0.05, 0) is 30.5 Å². The van der Waals surface area contributed by atoms with Gasteiger partial charge < -0.3 is 19.7 Å². The molecule has 1 N–H and O–H groups in total. The molecule has 1 aromatic carbocycles. The van der Waals surface area contributed by atoms with Crippen molar-refractivity contribution >= 4 is 11.7 Å². The smallest absolute Gasteiger partial charge is 0.322 e. The second-order valence-electron chi connectivity index (χ2n) is 6.91. The Hall–Kier alpha value is -3.34. The van der Waals surface area contributed by atoms with Crippen molar-refractivity contribution in [3.05, 3.63) is 41.2 Å². The number of methoxy groups -OCH3 is 2. The van der Waals surface area contributed by atoms with Crippen molar-refractivity contribution in [3.63, 3.8) is 0 Å². The van der Waals surface area contributed by atoms with E-state index in [1.54, 1.807) is 11.0 Å². The first kappa shape index (κ1) is 23.9. The van der Waals surface area contributed by atoms with Crippen LogP contribution in [0.4, 0.5) is 10.5 Å². The number of ether oxygens (including phenoxy) is 2. The van der Waals surface area contributed by atoms with Crippen LogP contribution in [0.25, 0.3) is 0 Å². The molecule has 0 aliphatic carbocycles. The number of hydrogen-bond donors (Lipinski definition) is 1. The molecule has 1 aromatic heterocycles. The highest BCUT2D eigenvalue weighted by Gasteiger charge is 2.34. The van der Waals surface area contributed by atoms with Gasteiger partial charge in [0.2, 0.25) is 11.8 Å². The maximum absolute atomic E-state index is 12.2. The number of nitriles is 1. The minimum absolute atomic E-state index is 0. The summed E-state index contributed by atoms with van der Waals surface area (Å²) in [5, 5.41) is 13.0. The molecule has 31 heavy (non-hydrogen) atoms. The molecule has 0 spiro atoms. The topological polar surface area (TPSA) is 100 Å². The molecule has 0 saturated carbocycles. The Balaban J connectivity index is 0.00000166. The van der Waals surface area contributed by atoms with Gasteiger partial charge in [-0.1, -0.05) is 32.9 Å². The van der Waals surface area contributed by atoms with Gasteiger partial charge in [0.15, 0.2) is 0 Å². The van der Waals surface area contributed by atoms with Crippen LogP contribution in [0.1, 0.15) is 52.5 Å². The van der Waals surface area contributed by atoms with E-state index in [1.165, 1.54) is 14.2 Å². The SMILES string of the molecule is CC.CCN1Cc2ccc(C(C#N)(CC)Cc3nc(OC)cc(OC)n3)cc2NC1=O.[HH]. The van der Waals surface area contributed by atoms with Crippen molar-refractivity contribution in [2.45, 2.75) is 52.5 Å². The Bertz CT molecular complexity index is 941. The Morgan fingerprint density at radius 2 is 1.84 bits per heavy atom. The minimum atomic E-state index is -0.848. The normalized spacial score (nSPS) is 14.2. The van der Waals surface area contributed by atoms with Gasteiger partial charge in [-0.2, -0.15) is 15.2 Å². The first-order valence-electron chi connectivity index (χ1n) is 10.5. The van der Waals surface area contributed by atoms with Gasteiger partial charge in [0.05, 0.1) is 31.8 Å². The van der Waals surface area contributed by atoms with E-state index in [-0.39, 0.29) is 7.46 Å². The number of nitrogens with one attached hydrogen (secondary N) is 1. The summed E-state index contributed by atoms with van der Waals surface area (Å²) in [6.45, 7) is 9.09. The highest BCUT2D eigenvalue weighted by molar-refractivity contribution is 5.92. The lowest BCUT2D eigenvalue weighted by molar-refractivity contribution is 0.210. The molecular formula is C23H33N5O3. The molecule has 0 saturated heterocycles. The van der Waals surface area contributed by atoms with E-state index in [0.29, 0.717) is 43.5 Å². The van der Waals surface area contributed by atoms with Crippen LogP contribution in [0, 0.1) is 11.3 Å². The predicted molar refractivity (Wildman–Crippen MR) is 121 cm³/mol. The summed E-state index contributed by atoms with van der Waals surface area (Å²) in [5.41, 5.74) is 1.74. The molecule has 1 atom stereocenters. The highest BCUT2D eigenvalue weighted by atomic mass is 16.5. The van der Waals surface area contributed by atoms with Gasteiger partial charge in [0, 0.05) is 26.6 Å². The molecule has 1 unspecified atom stereocenters. The summed E-state index contributed by atoms with van der Waals surface area (Å²) in [5.74, 6) is 1.22. The van der Waals surface area contributed by atoms with Crippen LogP contribution in [-0.4, -0.2) is 41.7 Å². The molecule has 2 aromatic rings. The second-order valence-corrected chi connectivity index (χ2v) is 6.91. The van der Waals surface area contributed by atoms with Crippen molar-refractivity contribution in [2.75, 3.05) is 26.1 Å². The minimum Gasteiger partial charge on any atom is -0.481 e. The number of benzene rings is 1. The fourth-order valence-electron chi connectivity index (χ4n) is 3.48. The molecular weight excluding hydrogens is 394 g/mol. The molecule has 1 aliphatic heterocycles. The van der Waals surface area contributed by atoms with Gasteiger partial charge in [-0.25, -0.2) is 4.79 Å². The van der Waals surface area contributed by atoms with E-state index in [2.05, 4.69) is 21.4 Å². The Labute approximate surface area is 185 Å². The van der Waals surface area contributed by atoms with Gasteiger partial charge in [-0.15, -0.1) is 0 Å². The summed E-state index contributed by atoms with van der Waals surface area (Å²) in [6.07, 6.45) is 0.849. The van der Waals surface area contributed by atoms with Crippen LogP contribution < -0.4 is 14.8 Å². The number of nitrogens with zero attached hydrogens (tertiary/aromatic N) is 4. The fourth-order valence-corrected chi connectivity index (χ4v) is 3.48. The monoisotopic (exact) mass is 427 g/mol. The average Bonchev–Trinajstić information content (AvgIpc) is 2.82. The zero-order valence-electron chi connectivity index (χ0n) is 19.2. The maximum atomic E-state index is 12.2. The average molecular weight is 428 g/mol. The number of aromatic nitrogens is 2. The third kappa shape index (κ3) is 5.05. The van der Waals surface area contributed by atoms with Crippen LogP contribution in [0.15, 0.2) is 24.3 Å². The van der Waals surface area contributed by atoms with E-state index < -0.39 is 5.41 Å². The summed E-state index contributed by atoms with van der Waals surface area (Å²) >= 11 is 0. The van der Waals surface area contributed by atoms with Crippen LogP contribution in [0.5, 0.6) is 11.8 Å². The van der Waals surface area contributed by atoms with Crippen LogP contribution >= 0.6 is 0 Å². The number of anilines is 1. The van der Waals surface area contributed by atoms with Crippen LogP contribution in [-0.2, 0) is 18.4 Å². The first-order chi connectivity index (χ1) is 15.0. The molecule has 2 heterocycles. The summed E-state index contributed by atoms with van der Waals surface area (Å²) in [4.78, 5) is 22.7. The molecule has 8 nitrogen and oxygen atoms in total. The van der Waals surface area contributed by atoms with Crippen LogP contribution in [0.2, 0.25) is 0 Å². The number of carbonyl (C=O) groups excluding carboxylic acids is 1. The lowest BCUT2D eigenvalue weighted by Crippen LogP contribution is -2.38. The maximum Gasteiger partial charge on any atom is 0.322 e. The van der Waals surface area contributed by atoms with E-state index >= 15 is 0 Å². The zero-order chi connectivity index (χ0) is 23.0. The van der Waals surface area contributed by atoms with Gasteiger partial charge >= 0.3 is 6.03 Å². The van der Waals surface area contributed by atoms with Gasteiger partial charge in [0.25, 0.3) is 0 Å². The quantitative estimate of drug-likeness (QED) is 0.696. The van der Waals surface area contributed by atoms with E-state index in [0.717, 1.165) is 16.8 Å². The second kappa shape index (κ2) is 10.6. The number of carbonyl (C=O) groups is 1. The van der Waals surface area contributed by atoms with E-state index in [1.807, 2.05) is 45.9 Å². The largest absolute Gasteiger partial charge is 0.481 e. The third-order valence-electron chi connectivity index (χ3n) is 5.36. The Morgan fingerprint density at radius 1 is 1.19 bits per heavy atom. The molecule has 2 amide bonds. The molecule has 8 heteroatoms. The lowest BCUT2D eigenvalue weighted by Gasteiger charge is -2.31. The third-order valence-corrected chi connectivity index (χ3v) is 5.36. The molecule has 0 fully saturated rings. The zero-order valence-corrected chi connectivity index (χ0v) is 19.2. The van der Waals surface area contributed by atoms with E-state index in [4.69, 9.17) is 9.47 Å². The number of rotatable bonds is 7. The molecule has 168 valence electrons. The van der Waals surface area contributed by atoms with Crippen LogP contribution in [0.3, 0.4) is 0 Å². The summed E-state index contributed by atoms with van der Waals surface area (Å²) in [7, 11) is 3.04. The predicted octanol–water partition coefficient (Wildman–Crippen LogP) is 4.55. The van der Waals surface area contributed by atoms with Crippen molar-refractivity contribution in [3.8, 4) is 17.8 Å². The highest BCUT2D eigenvalue weighted by Crippen LogP contribution is 2.35. The lowest BCUT2D eigenvalue weighted by atomic mass is 9.76. The first-order valence-corrected chi connectivity index (χ1v) is 10.5. The number of fused-ring (bicyclic) bond motifs is 1. The van der Waals surface area contributed by atoms with E-state index in [9.17, 15) is 10.1 Å². The van der Waals surface area contributed by atoms with Crippen molar-refractivity contribution in [1.29, 1.82) is 5.26 Å². The Kier molecular flexibility index (Phi) is 8.20. The Morgan fingerprint density at radius 3 is 2.35 bits per heavy atom. The molecule has 0 radical (unpaired) electrons. The molecule has 0 bridgehead atoms. The molecule has 3 rings (SSSR count).